The predicted molar refractivity (Wildman–Crippen MR) is 101 cm³/mol. The Morgan fingerprint density at radius 1 is 1.30 bits per heavy atom. The number of esters is 1. The van der Waals surface area contributed by atoms with E-state index in [4.69, 9.17) is 9.15 Å². The van der Waals surface area contributed by atoms with Crippen molar-refractivity contribution in [3.05, 3.63) is 46.4 Å². The number of hydrogen-bond donors (Lipinski definition) is 0. The van der Waals surface area contributed by atoms with Gasteiger partial charge in [-0.05, 0) is 55.4 Å². The normalized spacial score (nSPS) is 39.9. The van der Waals surface area contributed by atoms with E-state index in [0.29, 0.717) is 17.7 Å². The zero-order chi connectivity index (χ0) is 19.3. The molecule has 27 heavy (non-hydrogen) atoms. The van der Waals surface area contributed by atoms with Gasteiger partial charge in [0.2, 0.25) is 5.78 Å². The summed E-state index contributed by atoms with van der Waals surface area (Å²) in [5.41, 5.74) is 4.02. The minimum atomic E-state index is -0.492. The zero-order valence-electron chi connectivity index (χ0n) is 16.5. The molecule has 1 saturated carbocycles. The Labute approximate surface area is 159 Å². The fraction of sp³-hybridized carbons (Fsp3) is 0.565. The van der Waals surface area contributed by atoms with E-state index in [9.17, 15) is 9.59 Å². The lowest BCUT2D eigenvalue weighted by Gasteiger charge is -2.52. The van der Waals surface area contributed by atoms with Crippen LogP contribution in [0.2, 0.25) is 0 Å². The highest BCUT2D eigenvalue weighted by Crippen LogP contribution is 2.64. The molecule has 5 rings (SSSR count). The molecule has 0 spiro atoms. The Kier molecular flexibility index (Phi) is 3.17. The van der Waals surface area contributed by atoms with Crippen molar-refractivity contribution in [1.82, 2.24) is 0 Å². The van der Waals surface area contributed by atoms with Gasteiger partial charge in [0.05, 0.1) is 5.41 Å². The average molecular weight is 366 g/mol. The van der Waals surface area contributed by atoms with Gasteiger partial charge >= 0.3 is 5.97 Å². The number of carbonyl (C=O) groups is 2. The van der Waals surface area contributed by atoms with Crippen LogP contribution in [0, 0.1) is 17.3 Å². The van der Waals surface area contributed by atoms with E-state index in [1.807, 2.05) is 6.92 Å². The Balaban J connectivity index is 1.84. The lowest BCUT2D eigenvalue weighted by Crippen LogP contribution is -2.53. The van der Waals surface area contributed by atoms with Crippen LogP contribution in [0.3, 0.4) is 0 Å². The van der Waals surface area contributed by atoms with Crippen molar-refractivity contribution >= 4 is 11.8 Å². The van der Waals surface area contributed by atoms with Gasteiger partial charge in [0.15, 0.2) is 5.76 Å². The molecule has 0 amide bonds. The second-order valence-corrected chi connectivity index (χ2v) is 9.23. The van der Waals surface area contributed by atoms with Crippen LogP contribution in [0.1, 0.15) is 79.9 Å². The van der Waals surface area contributed by atoms with Crippen LogP contribution in [0.4, 0.5) is 0 Å². The second-order valence-electron chi connectivity index (χ2n) is 9.23. The standard InChI is InChI=1S/C23H26O4/c1-6-15-23(5)17-11(2)9-22(4)12(3)7-8-14(22)16(17)19(24)20-18(23)13(10-26-20)21(25)27-15/h10-11,14-15H,3,6-9H2,1-2,4-5H3/t11-,14+,15-,22-,23-/m1/s1. The molecule has 0 aromatic carbocycles. The molecule has 3 aliphatic carbocycles. The van der Waals surface area contributed by atoms with Crippen LogP contribution in [0.25, 0.3) is 0 Å². The highest BCUT2D eigenvalue weighted by atomic mass is 16.5. The molecule has 5 atom stereocenters. The molecule has 0 radical (unpaired) electrons. The molecule has 1 aromatic heterocycles. The summed E-state index contributed by atoms with van der Waals surface area (Å²) in [6, 6.07) is 0. The predicted octanol–water partition coefficient (Wildman–Crippen LogP) is 4.99. The van der Waals surface area contributed by atoms with Crippen LogP contribution in [0.5, 0.6) is 0 Å². The Morgan fingerprint density at radius 3 is 2.74 bits per heavy atom. The van der Waals surface area contributed by atoms with Gasteiger partial charge in [0.1, 0.15) is 17.9 Å². The maximum Gasteiger partial charge on any atom is 0.342 e. The summed E-state index contributed by atoms with van der Waals surface area (Å²) < 4.78 is 11.6. The number of hydrogen-bond acceptors (Lipinski definition) is 4. The molecule has 0 unspecified atom stereocenters. The summed E-state index contributed by atoms with van der Waals surface area (Å²) in [6.45, 7) is 13.0. The first-order chi connectivity index (χ1) is 12.7. The number of cyclic esters (lactones) is 1. The number of allylic oxidation sites excluding steroid dienone is 2. The molecule has 0 saturated heterocycles. The van der Waals surface area contributed by atoms with Crippen molar-refractivity contribution in [1.29, 1.82) is 0 Å². The summed E-state index contributed by atoms with van der Waals surface area (Å²) in [6.07, 6.45) is 4.77. The Morgan fingerprint density at radius 2 is 2.04 bits per heavy atom. The highest BCUT2D eigenvalue weighted by Gasteiger charge is 2.61. The maximum atomic E-state index is 13.6. The lowest BCUT2D eigenvalue weighted by molar-refractivity contribution is 0.00143. The maximum absolute atomic E-state index is 13.6. The third-order valence-electron chi connectivity index (χ3n) is 7.98. The van der Waals surface area contributed by atoms with Crippen molar-refractivity contribution in [2.24, 2.45) is 17.3 Å². The van der Waals surface area contributed by atoms with Gasteiger partial charge in [-0.15, -0.1) is 0 Å². The van der Waals surface area contributed by atoms with Gasteiger partial charge in [0.25, 0.3) is 0 Å². The summed E-state index contributed by atoms with van der Waals surface area (Å²) >= 11 is 0. The van der Waals surface area contributed by atoms with Gasteiger partial charge in [-0.1, -0.05) is 32.9 Å². The molecule has 1 aromatic rings. The van der Waals surface area contributed by atoms with Crippen molar-refractivity contribution in [2.45, 2.75) is 64.9 Å². The fourth-order valence-corrected chi connectivity index (χ4v) is 6.77. The van der Waals surface area contributed by atoms with Gasteiger partial charge < -0.3 is 9.15 Å². The van der Waals surface area contributed by atoms with Crippen molar-refractivity contribution in [3.63, 3.8) is 0 Å². The number of Topliss-reactive ketones (excluding diaryl/α,β-unsaturated/α-hetero) is 1. The monoisotopic (exact) mass is 366 g/mol. The minimum absolute atomic E-state index is 0.0225. The average Bonchev–Trinajstić information content (AvgIpc) is 3.19. The van der Waals surface area contributed by atoms with Crippen LogP contribution in [-0.2, 0) is 10.2 Å². The molecular formula is C23H26O4. The molecule has 1 aliphatic heterocycles. The van der Waals surface area contributed by atoms with Crippen LogP contribution in [-0.4, -0.2) is 17.9 Å². The quantitative estimate of drug-likeness (QED) is 0.519. The number of ketones is 1. The van der Waals surface area contributed by atoms with E-state index in [1.165, 1.54) is 17.4 Å². The Bertz CT molecular complexity index is 948. The molecule has 4 nitrogen and oxygen atoms in total. The summed E-state index contributed by atoms with van der Waals surface area (Å²) in [4.78, 5) is 26.1. The fourth-order valence-electron chi connectivity index (χ4n) is 6.77. The number of rotatable bonds is 1. The van der Waals surface area contributed by atoms with E-state index in [0.717, 1.165) is 30.4 Å². The third kappa shape index (κ3) is 1.75. The zero-order valence-corrected chi connectivity index (χ0v) is 16.5. The van der Waals surface area contributed by atoms with Crippen molar-refractivity contribution in [3.8, 4) is 0 Å². The first kappa shape index (κ1) is 17.0. The minimum Gasteiger partial charge on any atom is -0.460 e. The topological polar surface area (TPSA) is 56.5 Å². The SMILES string of the molecule is C=C1CC[C@H]2C3=C([C@H](C)C[C@]12C)[C@]1(C)c2c(coc2C3=O)C(=O)O[C@@H]1CC. The highest BCUT2D eigenvalue weighted by molar-refractivity contribution is 6.13. The molecule has 142 valence electrons. The number of ether oxygens (including phenoxy) is 1. The molecule has 2 heterocycles. The van der Waals surface area contributed by atoms with Crippen molar-refractivity contribution < 1.29 is 18.7 Å². The van der Waals surface area contributed by atoms with E-state index < -0.39 is 5.41 Å². The smallest absolute Gasteiger partial charge is 0.342 e. The molecular weight excluding hydrogens is 340 g/mol. The van der Waals surface area contributed by atoms with Gasteiger partial charge in [-0.2, -0.15) is 0 Å². The Hall–Kier alpha value is -2.10. The van der Waals surface area contributed by atoms with E-state index in [-0.39, 0.29) is 35.1 Å². The first-order valence-corrected chi connectivity index (χ1v) is 10.1. The van der Waals surface area contributed by atoms with Gasteiger partial charge in [-0.25, -0.2) is 4.79 Å². The van der Waals surface area contributed by atoms with E-state index >= 15 is 0 Å². The summed E-state index contributed by atoms with van der Waals surface area (Å²) in [5, 5.41) is 0. The number of furan rings is 1. The second kappa shape index (κ2) is 5.03. The van der Waals surface area contributed by atoms with E-state index in [2.05, 4.69) is 27.4 Å². The molecule has 4 heteroatoms. The van der Waals surface area contributed by atoms with Crippen LogP contribution < -0.4 is 0 Å². The van der Waals surface area contributed by atoms with E-state index in [1.54, 1.807) is 0 Å². The molecule has 0 bridgehead atoms. The van der Waals surface area contributed by atoms with Gasteiger partial charge in [-0.3, -0.25) is 4.79 Å². The molecule has 0 N–H and O–H groups in total. The lowest BCUT2D eigenvalue weighted by atomic mass is 9.52. The van der Waals surface area contributed by atoms with Crippen LogP contribution in [0.15, 0.2) is 34.0 Å². The summed E-state index contributed by atoms with van der Waals surface area (Å²) in [7, 11) is 0. The van der Waals surface area contributed by atoms with Crippen LogP contribution >= 0.6 is 0 Å². The van der Waals surface area contributed by atoms with Gasteiger partial charge in [0, 0.05) is 11.1 Å². The molecule has 1 fully saturated rings. The number of carbonyl (C=O) groups excluding carboxylic acids is 2. The molecule has 4 aliphatic rings. The number of fused-ring (bicyclic) bond motifs is 3. The third-order valence-corrected chi connectivity index (χ3v) is 7.98. The largest absolute Gasteiger partial charge is 0.460 e. The van der Waals surface area contributed by atoms with Crippen molar-refractivity contribution in [2.75, 3.05) is 0 Å². The summed E-state index contributed by atoms with van der Waals surface area (Å²) in [5.74, 6) is 0.369. The first-order valence-electron chi connectivity index (χ1n) is 10.1.